The number of hydrogen-bond donors (Lipinski definition) is 1. The Morgan fingerprint density at radius 1 is 1.14 bits per heavy atom. The minimum Gasteiger partial charge on any atom is -0.293 e. The predicted octanol–water partition coefficient (Wildman–Crippen LogP) is 4.80. The van der Waals surface area contributed by atoms with Crippen LogP contribution in [-0.2, 0) is 11.0 Å². The summed E-state index contributed by atoms with van der Waals surface area (Å²) < 4.78 is 43.5. The number of fused-ring (bicyclic) bond motifs is 1. The lowest BCUT2D eigenvalue weighted by molar-refractivity contribution is -0.137. The summed E-state index contributed by atoms with van der Waals surface area (Å²) in [5.41, 5.74) is 2.32. The molecule has 3 aromatic heterocycles. The molecule has 0 unspecified atom stereocenters. The van der Waals surface area contributed by atoms with E-state index in [0.717, 1.165) is 12.1 Å². The van der Waals surface area contributed by atoms with Gasteiger partial charge in [0.1, 0.15) is 6.33 Å². The van der Waals surface area contributed by atoms with Crippen LogP contribution in [0, 0.1) is 18.3 Å². The third-order valence-electron chi connectivity index (χ3n) is 5.68. The van der Waals surface area contributed by atoms with E-state index in [1.807, 2.05) is 0 Å². The van der Waals surface area contributed by atoms with Crippen molar-refractivity contribution in [3.8, 4) is 34.3 Å². The Morgan fingerprint density at radius 3 is 2.57 bits per heavy atom. The van der Waals surface area contributed by atoms with Crippen molar-refractivity contribution >= 4 is 17.5 Å². The Morgan fingerprint density at radius 2 is 1.89 bits per heavy atom. The molecule has 0 bridgehead atoms. The molecule has 3 heterocycles. The number of nitrogens with one attached hydrogen (secondary N) is 1. The summed E-state index contributed by atoms with van der Waals surface area (Å²) in [6, 6.07) is 13.7. The molecule has 1 amide bonds. The van der Waals surface area contributed by atoms with Crippen LogP contribution in [0.1, 0.15) is 23.6 Å². The lowest BCUT2D eigenvalue weighted by Gasteiger charge is -2.15. The Balaban J connectivity index is 1.77. The van der Waals surface area contributed by atoms with Gasteiger partial charge < -0.3 is 0 Å². The maximum absolute atomic E-state index is 13.5. The van der Waals surface area contributed by atoms with Crippen LogP contribution in [0.15, 0.2) is 61.1 Å². The van der Waals surface area contributed by atoms with E-state index in [0.29, 0.717) is 33.8 Å². The van der Waals surface area contributed by atoms with E-state index < -0.39 is 17.6 Å². The van der Waals surface area contributed by atoms with Crippen molar-refractivity contribution in [2.75, 3.05) is 5.32 Å². The first kappa shape index (κ1) is 23.7. The lowest BCUT2D eigenvalue weighted by Crippen LogP contribution is -2.07. The second-order valence-electron chi connectivity index (χ2n) is 8.16. The highest BCUT2D eigenvalue weighted by molar-refractivity contribution is 5.89. The molecule has 0 aliphatic carbocycles. The van der Waals surface area contributed by atoms with Crippen molar-refractivity contribution < 1.29 is 18.0 Å². The fourth-order valence-electron chi connectivity index (χ4n) is 4.03. The van der Waals surface area contributed by atoms with Crippen molar-refractivity contribution in [3.63, 3.8) is 0 Å². The molecule has 5 aromatic rings. The van der Waals surface area contributed by atoms with E-state index in [-0.39, 0.29) is 17.2 Å². The first-order valence-electron chi connectivity index (χ1n) is 10.9. The maximum atomic E-state index is 13.5. The maximum Gasteiger partial charge on any atom is 0.416 e. The third-order valence-corrected chi connectivity index (χ3v) is 5.68. The zero-order chi connectivity index (χ0) is 26.3. The molecule has 0 atom stereocenters. The summed E-state index contributed by atoms with van der Waals surface area (Å²) >= 11 is 0. The molecule has 5 rings (SSSR count). The van der Waals surface area contributed by atoms with Crippen LogP contribution in [0.25, 0.3) is 33.8 Å². The van der Waals surface area contributed by atoms with Crippen molar-refractivity contribution in [2.24, 2.45) is 0 Å². The van der Waals surface area contributed by atoms with Gasteiger partial charge in [-0.15, -0.1) is 5.10 Å². The zero-order valence-corrected chi connectivity index (χ0v) is 19.4. The number of hydrogen-bond acceptors (Lipinski definition) is 6. The first-order valence-corrected chi connectivity index (χ1v) is 10.9. The Bertz CT molecular complexity index is 1690. The largest absolute Gasteiger partial charge is 0.416 e. The summed E-state index contributed by atoms with van der Waals surface area (Å²) in [6.07, 6.45) is -1.56. The average molecular weight is 502 g/mol. The van der Waals surface area contributed by atoms with Crippen molar-refractivity contribution in [1.82, 2.24) is 29.4 Å². The van der Waals surface area contributed by atoms with Gasteiger partial charge >= 0.3 is 6.18 Å². The molecule has 1 N–H and O–H groups in total. The molecule has 0 spiro atoms. The van der Waals surface area contributed by atoms with Crippen LogP contribution >= 0.6 is 0 Å². The van der Waals surface area contributed by atoms with Gasteiger partial charge in [-0.25, -0.2) is 14.2 Å². The number of rotatable bonds is 4. The fraction of sp³-hybridized carbons (Fsp3) is 0.120. The number of pyridine rings is 1. The highest BCUT2D eigenvalue weighted by atomic mass is 19.4. The zero-order valence-electron chi connectivity index (χ0n) is 19.4. The third kappa shape index (κ3) is 4.38. The van der Waals surface area contributed by atoms with Gasteiger partial charge in [0.15, 0.2) is 11.5 Å². The summed E-state index contributed by atoms with van der Waals surface area (Å²) in [5, 5.41) is 20.2. The monoisotopic (exact) mass is 502 g/mol. The van der Waals surface area contributed by atoms with Crippen LogP contribution in [0.4, 0.5) is 19.1 Å². The van der Waals surface area contributed by atoms with Gasteiger partial charge in [0, 0.05) is 24.2 Å². The van der Waals surface area contributed by atoms with Crippen LogP contribution in [0.5, 0.6) is 0 Å². The smallest absolute Gasteiger partial charge is 0.293 e. The molecule has 0 radical (unpaired) electrons. The van der Waals surface area contributed by atoms with Crippen LogP contribution in [-0.4, -0.2) is 35.3 Å². The number of nitriles is 1. The highest BCUT2D eigenvalue weighted by Crippen LogP contribution is 2.37. The number of benzene rings is 2. The fourth-order valence-corrected chi connectivity index (χ4v) is 4.03. The van der Waals surface area contributed by atoms with Gasteiger partial charge in [-0.1, -0.05) is 12.1 Å². The standard InChI is InChI=1S/C25H17F3N8O/c1-14-20(22-30-13-31-36(22)19-8-6-16(11-29)7-9-19)12-35-23(33-24(34-35)32-15(2)37)21(14)17-4-3-5-18(10-17)25(26,27)28/h3-10,12-13H,1-2H3,(H,32,34,37). The quantitative estimate of drug-likeness (QED) is 0.378. The summed E-state index contributed by atoms with van der Waals surface area (Å²) in [4.78, 5) is 20.4. The van der Waals surface area contributed by atoms with Crippen molar-refractivity contribution in [2.45, 2.75) is 20.0 Å². The van der Waals surface area contributed by atoms with E-state index in [4.69, 9.17) is 5.26 Å². The Hall–Kier alpha value is -5.05. The van der Waals surface area contributed by atoms with Gasteiger partial charge in [-0.2, -0.15) is 28.5 Å². The molecular formula is C25H17F3N8O. The molecule has 9 nitrogen and oxygen atoms in total. The number of carbonyl (C=O) groups is 1. The van der Waals surface area contributed by atoms with Crippen LogP contribution in [0.2, 0.25) is 0 Å². The molecule has 184 valence electrons. The number of carbonyl (C=O) groups excluding carboxylic acids is 1. The molecule has 37 heavy (non-hydrogen) atoms. The van der Waals surface area contributed by atoms with Crippen molar-refractivity contribution in [3.05, 3.63) is 77.7 Å². The van der Waals surface area contributed by atoms with E-state index in [1.54, 1.807) is 48.1 Å². The van der Waals surface area contributed by atoms with E-state index in [2.05, 4.69) is 31.6 Å². The topological polar surface area (TPSA) is 114 Å². The minimum atomic E-state index is -4.54. The predicted molar refractivity (Wildman–Crippen MR) is 128 cm³/mol. The van der Waals surface area contributed by atoms with E-state index in [9.17, 15) is 18.0 Å². The van der Waals surface area contributed by atoms with Gasteiger partial charge in [0.05, 0.1) is 22.9 Å². The minimum absolute atomic E-state index is 0.00540. The number of halogens is 3. The molecule has 0 saturated carbocycles. The van der Waals surface area contributed by atoms with Crippen molar-refractivity contribution in [1.29, 1.82) is 5.26 Å². The van der Waals surface area contributed by atoms with Gasteiger partial charge in [-0.3, -0.25) is 10.1 Å². The second-order valence-corrected chi connectivity index (χ2v) is 8.16. The first-order chi connectivity index (χ1) is 17.7. The van der Waals surface area contributed by atoms with E-state index >= 15 is 0 Å². The normalized spacial score (nSPS) is 11.5. The Labute approximate surface area is 207 Å². The molecule has 12 heteroatoms. The number of amides is 1. The van der Waals surface area contributed by atoms with Gasteiger partial charge in [0.2, 0.25) is 11.9 Å². The van der Waals surface area contributed by atoms with Crippen LogP contribution in [0.3, 0.4) is 0 Å². The number of nitrogens with zero attached hydrogens (tertiary/aromatic N) is 7. The summed E-state index contributed by atoms with van der Waals surface area (Å²) in [6.45, 7) is 3.05. The summed E-state index contributed by atoms with van der Waals surface area (Å²) in [7, 11) is 0. The molecule has 0 aliphatic rings. The number of alkyl halides is 3. The molecule has 0 fully saturated rings. The van der Waals surface area contributed by atoms with E-state index in [1.165, 1.54) is 23.8 Å². The lowest BCUT2D eigenvalue weighted by atomic mass is 9.96. The Kier molecular flexibility index (Phi) is 5.68. The SMILES string of the molecule is CC(=O)Nc1nc2c(-c3cccc(C(F)(F)F)c3)c(C)c(-c3ncnn3-c3ccc(C#N)cc3)cn2n1. The van der Waals surface area contributed by atoms with Gasteiger partial charge in [0.25, 0.3) is 0 Å². The van der Waals surface area contributed by atoms with Crippen LogP contribution < -0.4 is 5.32 Å². The molecule has 0 aliphatic heterocycles. The second kappa shape index (κ2) is 8.87. The summed E-state index contributed by atoms with van der Waals surface area (Å²) in [5.74, 6) is 0.00813. The number of anilines is 1. The van der Waals surface area contributed by atoms with Gasteiger partial charge in [-0.05, 0) is 54.4 Å². The molecule has 0 saturated heterocycles. The average Bonchev–Trinajstić information content (AvgIpc) is 3.49. The molecular weight excluding hydrogens is 485 g/mol. The molecule has 2 aromatic carbocycles. The number of aromatic nitrogens is 6. The highest BCUT2D eigenvalue weighted by Gasteiger charge is 2.31.